The first-order valence-electron chi connectivity index (χ1n) is 13.2. The Labute approximate surface area is 209 Å². The molecule has 0 saturated heterocycles. The second-order valence-electron chi connectivity index (χ2n) is 11.7. The summed E-state index contributed by atoms with van der Waals surface area (Å²) in [6.45, 7) is 4.80. The average Bonchev–Trinajstić information content (AvgIpc) is 3.17. The quantitative estimate of drug-likeness (QED) is 0.680. The summed E-state index contributed by atoms with van der Waals surface area (Å²) in [6, 6.07) is 6.11. The molecule has 0 spiro atoms. The van der Waals surface area contributed by atoms with Crippen molar-refractivity contribution in [1.29, 1.82) is 0 Å². The molecule has 6 nitrogen and oxygen atoms in total. The van der Waals surface area contributed by atoms with Crippen LogP contribution in [-0.2, 0) is 16.0 Å². The van der Waals surface area contributed by atoms with E-state index in [0.29, 0.717) is 29.5 Å². The second kappa shape index (κ2) is 8.86. The van der Waals surface area contributed by atoms with Gasteiger partial charge in [0.15, 0.2) is 0 Å². The molecule has 0 bridgehead atoms. The van der Waals surface area contributed by atoms with E-state index >= 15 is 0 Å². The number of hydrogen-bond acceptors (Lipinski definition) is 4. The van der Waals surface area contributed by atoms with Gasteiger partial charge in [0.2, 0.25) is 11.8 Å². The number of hydrogen-bond donors (Lipinski definition) is 1. The highest BCUT2D eigenvalue weighted by Crippen LogP contribution is 2.63. The lowest BCUT2D eigenvalue weighted by molar-refractivity contribution is -0.138. The number of fused-ring (bicyclic) bond motifs is 5. The summed E-state index contributed by atoms with van der Waals surface area (Å²) in [6.07, 6.45) is 11.1. The smallest absolute Gasteiger partial charge is 0.246 e. The van der Waals surface area contributed by atoms with Crippen LogP contribution < -0.4 is 14.8 Å². The predicted molar refractivity (Wildman–Crippen MR) is 135 cm³/mol. The van der Waals surface area contributed by atoms with Gasteiger partial charge in [0.25, 0.3) is 0 Å². The third kappa shape index (κ3) is 3.84. The summed E-state index contributed by atoms with van der Waals surface area (Å²) in [4.78, 5) is 27.5. The number of carbonyl (C=O) groups is 2. The second-order valence-corrected chi connectivity index (χ2v) is 11.7. The molecular formula is C29H40N2O4. The molecule has 2 amide bonds. The molecule has 4 aliphatic rings. The average molecular weight is 481 g/mol. The van der Waals surface area contributed by atoms with Gasteiger partial charge in [-0.25, -0.2) is 0 Å². The number of methoxy groups -OCH3 is 2. The van der Waals surface area contributed by atoms with Gasteiger partial charge in [-0.15, -0.1) is 0 Å². The zero-order valence-corrected chi connectivity index (χ0v) is 21.8. The molecule has 1 aromatic carbocycles. The lowest BCUT2D eigenvalue weighted by Crippen LogP contribution is -2.60. The van der Waals surface area contributed by atoms with Crippen LogP contribution in [0.3, 0.4) is 0 Å². The van der Waals surface area contributed by atoms with E-state index in [2.05, 4.69) is 25.2 Å². The number of nitrogens with one attached hydrogen (secondary N) is 1. The van der Waals surface area contributed by atoms with Gasteiger partial charge < -0.3 is 19.7 Å². The summed E-state index contributed by atoms with van der Waals surface area (Å²) < 4.78 is 10.8. The maximum atomic E-state index is 13.2. The first-order valence-corrected chi connectivity index (χ1v) is 13.2. The van der Waals surface area contributed by atoms with E-state index in [0.717, 1.165) is 37.0 Å². The van der Waals surface area contributed by atoms with Crippen molar-refractivity contribution in [3.05, 3.63) is 35.9 Å². The normalized spacial score (nSPS) is 37.8. The van der Waals surface area contributed by atoms with Gasteiger partial charge in [0.1, 0.15) is 11.5 Å². The molecule has 0 aromatic heterocycles. The number of carbonyl (C=O) groups excluding carboxylic acids is 2. The largest absolute Gasteiger partial charge is 0.497 e. The summed E-state index contributed by atoms with van der Waals surface area (Å²) in [7, 11) is 5.24. The zero-order valence-electron chi connectivity index (χ0n) is 21.8. The molecule has 1 aromatic rings. The maximum Gasteiger partial charge on any atom is 0.246 e. The highest BCUT2D eigenvalue weighted by molar-refractivity contribution is 5.89. The Morgan fingerprint density at radius 2 is 1.89 bits per heavy atom. The van der Waals surface area contributed by atoms with Gasteiger partial charge in [-0.05, 0) is 86.0 Å². The molecule has 1 N–H and O–H groups in total. The van der Waals surface area contributed by atoms with E-state index in [4.69, 9.17) is 9.47 Å². The molecule has 6 heteroatoms. The fourth-order valence-corrected chi connectivity index (χ4v) is 8.41. The maximum absolute atomic E-state index is 13.2. The third-order valence-corrected chi connectivity index (χ3v) is 10.3. The van der Waals surface area contributed by atoms with Gasteiger partial charge in [0.05, 0.1) is 20.6 Å². The van der Waals surface area contributed by atoms with Crippen LogP contribution in [0.1, 0.15) is 57.9 Å². The fourth-order valence-electron chi connectivity index (χ4n) is 8.41. The molecule has 7 atom stereocenters. The Morgan fingerprint density at radius 3 is 2.63 bits per heavy atom. The Morgan fingerprint density at radius 1 is 1.09 bits per heavy atom. The van der Waals surface area contributed by atoms with Crippen molar-refractivity contribution >= 4 is 11.8 Å². The number of ether oxygens (including phenoxy) is 2. The van der Waals surface area contributed by atoms with Gasteiger partial charge in [-0.2, -0.15) is 0 Å². The molecule has 1 aliphatic heterocycles. The van der Waals surface area contributed by atoms with Crippen molar-refractivity contribution in [3.63, 3.8) is 0 Å². The molecule has 0 radical (unpaired) electrons. The summed E-state index contributed by atoms with van der Waals surface area (Å²) in [5, 5.41) is 3.43. The van der Waals surface area contributed by atoms with Crippen molar-refractivity contribution in [2.45, 2.75) is 70.9 Å². The highest BCUT2D eigenvalue weighted by atomic mass is 16.5. The molecular weight excluding hydrogens is 440 g/mol. The molecule has 0 unspecified atom stereocenters. The monoisotopic (exact) mass is 480 g/mol. The van der Waals surface area contributed by atoms with E-state index in [1.54, 1.807) is 20.3 Å². The van der Waals surface area contributed by atoms with Gasteiger partial charge in [0, 0.05) is 30.1 Å². The number of nitrogens with zero attached hydrogens (tertiary/aromatic N) is 1. The van der Waals surface area contributed by atoms with Crippen LogP contribution >= 0.6 is 0 Å². The van der Waals surface area contributed by atoms with Crippen LogP contribution in [0.25, 0.3) is 0 Å². The Kier molecular flexibility index (Phi) is 6.13. The van der Waals surface area contributed by atoms with E-state index < -0.39 is 0 Å². The van der Waals surface area contributed by atoms with Gasteiger partial charge in [-0.1, -0.05) is 19.9 Å². The first-order chi connectivity index (χ1) is 16.7. The van der Waals surface area contributed by atoms with Crippen LogP contribution in [0.4, 0.5) is 0 Å². The lowest BCUT2D eigenvalue weighted by Gasteiger charge is -2.60. The summed E-state index contributed by atoms with van der Waals surface area (Å²) in [5.41, 5.74) is 1.03. The number of amides is 2. The van der Waals surface area contributed by atoms with Crippen LogP contribution in [-0.4, -0.2) is 50.1 Å². The van der Waals surface area contributed by atoms with Crippen molar-refractivity contribution in [3.8, 4) is 11.5 Å². The standard InChI is InChI=1S/C29H40N2O4/c1-28-14-12-22-20(7-11-25-29(22,2)15-13-27(33)31(25)3)21(28)8-10-24(28)30-26(32)17-18-16-19(34-4)6-9-23(18)35-5/h6,9,13,15-16,20-22,24-25H,7-8,10-12,14,17H2,1-5H3,(H,30,32)/t20-,21-,22-,24-,25+,28-,29+/m0/s1. The van der Waals surface area contributed by atoms with Crippen LogP contribution in [0, 0.1) is 28.6 Å². The van der Waals surface area contributed by atoms with Crippen molar-refractivity contribution in [2.24, 2.45) is 28.6 Å². The van der Waals surface area contributed by atoms with Gasteiger partial charge >= 0.3 is 0 Å². The van der Waals surface area contributed by atoms with Gasteiger partial charge in [-0.3, -0.25) is 9.59 Å². The fraction of sp³-hybridized carbons (Fsp3) is 0.655. The summed E-state index contributed by atoms with van der Waals surface area (Å²) >= 11 is 0. The molecule has 190 valence electrons. The molecule has 1 heterocycles. The predicted octanol–water partition coefficient (Wildman–Crippen LogP) is 4.37. The molecule has 3 fully saturated rings. The van der Waals surface area contributed by atoms with E-state index in [1.165, 1.54) is 12.8 Å². The SMILES string of the molecule is COc1ccc(OC)c(CC(=O)N[C@H]2CC[C@H]3[C@@H]4CC[C@H]5N(C)C(=O)C=C[C@]5(C)[C@H]4CC[C@]23C)c1. The topological polar surface area (TPSA) is 67.9 Å². The van der Waals surface area contributed by atoms with E-state index in [9.17, 15) is 9.59 Å². The van der Waals surface area contributed by atoms with E-state index in [1.807, 2.05) is 30.1 Å². The van der Waals surface area contributed by atoms with Crippen LogP contribution in [0.2, 0.25) is 0 Å². The third-order valence-electron chi connectivity index (χ3n) is 10.3. The van der Waals surface area contributed by atoms with Crippen LogP contribution in [0.5, 0.6) is 11.5 Å². The number of likely N-dealkylation sites (N-methyl/N-ethyl adjacent to an activating group) is 1. The molecule has 3 aliphatic carbocycles. The molecule has 35 heavy (non-hydrogen) atoms. The Balaban J connectivity index is 1.31. The van der Waals surface area contributed by atoms with E-state index in [-0.39, 0.29) is 35.1 Å². The lowest BCUT2D eigenvalue weighted by atomic mass is 9.48. The molecule has 3 saturated carbocycles. The first kappa shape index (κ1) is 24.2. The van der Waals surface area contributed by atoms with Crippen molar-refractivity contribution < 1.29 is 19.1 Å². The number of rotatable bonds is 5. The van der Waals surface area contributed by atoms with Crippen molar-refractivity contribution in [2.75, 3.05) is 21.3 Å². The minimum absolute atomic E-state index is 0.0524. The zero-order chi connectivity index (χ0) is 25.0. The Bertz CT molecular complexity index is 1040. The minimum Gasteiger partial charge on any atom is -0.497 e. The van der Waals surface area contributed by atoms with Crippen molar-refractivity contribution in [1.82, 2.24) is 10.2 Å². The minimum atomic E-state index is 0.0524. The Hall–Kier alpha value is -2.50. The highest BCUT2D eigenvalue weighted by Gasteiger charge is 2.60. The van der Waals surface area contributed by atoms with Crippen LogP contribution in [0.15, 0.2) is 30.4 Å². The molecule has 5 rings (SSSR count). The number of benzene rings is 1. The summed E-state index contributed by atoms with van der Waals surface area (Å²) in [5.74, 6) is 3.51.